The van der Waals surface area contributed by atoms with Crippen LogP contribution in [0.15, 0.2) is 29.2 Å². The minimum atomic E-state index is -3.55. The molecule has 0 bridgehead atoms. The number of nitrogens with one attached hydrogen (secondary N) is 1. The number of rotatable bonds is 7. The molecule has 1 aromatic rings. The van der Waals surface area contributed by atoms with Crippen molar-refractivity contribution in [1.29, 1.82) is 0 Å². The molecule has 1 amide bonds. The minimum absolute atomic E-state index is 0.0788. The van der Waals surface area contributed by atoms with Gasteiger partial charge in [0.2, 0.25) is 15.9 Å². The van der Waals surface area contributed by atoms with Crippen LogP contribution in [0.25, 0.3) is 0 Å². The molecule has 6 nitrogen and oxygen atoms in total. The monoisotopic (exact) mass is 386 g/mol. The molecule has 1 N–H and O–H groups in total. The maximum absolute atomic E-state index is 12.8. The summed E-state index contributed by atoms with van der Waals surface area (Å²) in [5.41, 5.74) is 0.602. The lowest BCUT2D eigenvalue weighted by atomic mass is 10.3. The van der Waals surface area contributed by atoms with E-state index in [-0.39, 0.29) is 23.0 Å². The van der Waals surface area contributed by atoms with Gasteiger partial charge in [-0.3, -0.25) is 4.79 Å². The molecule has 140 valence electrons. The van der Waals surface area contributed by atoms with Gasteiger partial charge < -0.3 is 10.1 Å². The summed E-state index contributed by atoms with van der Waals surface area (Å²) in [6, 6.07) is 6.33. The van der Waals surface area contributed by atoms with Crippen molar-refractivity contribution in [2.24, 2.45) is 0 Å². The van der Waals surface area contributed by atoms with Gasteiger partial charge in [0.15, 0.2) is 0 Å². The van der Waals surface area contributed by atoms with Crippen molar-refractivity contribution >= 4 is 33.4 Å². The van der Waals surface area contributed by atoms with Gasteiger partial charge in [-0.2, -0.15) is 16.1 Å². The second-order valence-electron chi connectivity index (χ2n) is 6.20. The highest BCUT2D eigenvalue weighted by Crippen LogP contribution is 2.22. The van der Waals surface area contributed by atoms with E-state index in [9.17, 15) is 13.2 Å². The molecule has 1 saturated heterocycles. The van der Waals surface area contributed by atoms with E-state index in [1.54, 1.807) is 23.9 Å². The van der Waals surface area contributed by atoms with Crippen LogP contribution in [0.2, 0.25) is 0 Å². The molecule has 1 aliphatic heterocycles. The second kappa shape index (κ2) is 9.02. The van der Waals surface area contributed by atoms with E-state index in [1.807, 2.05) is 13.8 Å². The van der Waals surface area contributed by atoms with Crippen molar-refractivity contribution in [1.82, 2.24) is 4.31 Å². The Morgan fingerprint density at radius 2 is 1.84 bits per heavy atom. The summed E-state index contributed by atoms with van der Waals surface area (Å²) in [5.74, 6) is 1.27. The summed E-state index contributed by atoms with van der Waals surface area (Å²) >= 11 is 1.58. The highest BCUT2D eigenvalue weighted by Gasteiger charge is 2.32. The Morgan fingerprint density at radius 1 is 1.24 bits per heavy atom. The highest BCUT2D eigenvalue weighted by atomic mass is 32.2. The number of hydrogen-bond acceptors (Lipinski definition) is 5. The van der Waals surface area contributed by atoms with Crippen LogP contribution in [0.1, 0.15) is 27.2 Å². The van der Waals surface area contributed by atoms with Crippen LogP contribution in [-0.2, 0) is 19.6 Å². The number of carbonyl (C=O) groups excluding carboxylic acids is 1. The standard InChI is InChI=1S/C17H26N2O4S2/c1-4-9-24-12-17(20)18-15-5-7-16(8-6-15)25(21,22)19-10-13(2)23-14(3)11-19/h5-8,13-14H,4,9-12H2,1-3H3,(H,18,20). The predicted molar refractivity (Wildman–Crippen MR) is 101 cm³/mol. The van der Waals surface area contributed by atoms with Crippen LogP contribution >= 0.6 is 11.8 Å². The van der Waals surface area contributed by atoms with E-state index >= 15 is 0 Å². The lowest BCUT2D eigenvalue weighted by Gasteiger charge is -2.34. The first kappa shape index (κ1) is 20.2. The van der Waals surface area contributed by atoms with Crippen molar-refractivity contribution in [3.05, 3.63) is 24.3 Å². The van der Waals surface area contributed by atoms with Crippen LogP contribution in [0, 0.1) is 0 Å². The summed E-state index contributed by atoms with van der Waals surface area (Å²) in [6.07, 6.45) is 0.777. The van der Waals surface area contributed by atoms with Crippen molar-refractivity contribution in [3.8, 4) is 0 Å². The summed E-state index contributed by atoms with van der Waals surface area (Å²) in [4.78, 5) is 12.0. The van der Waals surface area contributed by atoms with Gasteiger partial charge in [-0.15, -0.1) is 0 Å². The number of amides is 1. The number of nitrogens with zero attached hydrogens (tertiary/aromatic N) is 1. The van der Waals surface area contributed by atoms with Crippen LogP contribution in [0.3, 0.4) is 0 Å². The smallest absolute Gasteiger partial charge is 0.243 e. The van der Waals surface area contributed by atoms with Crippen LogP contribution < -0.4 is 5.32 Å². The Morgan fingerprint density at radius 3 is 2.40 bits per heavy atom. The van der Waals surface area contributed by atoms with Crippen molar-refractivity contribution < 1.29 is 17.9 Å². The van der Waals surface area contributed by atoms with Gasteiger partial charge in [-0.1, -0.05) is 6.92 Å². The van der Waals surface area contributed by atoms with E-state index in [4.69, 9.17) is 4.74 Å². The normalized spacial score (nSPS) is 21.9. The molecule has 0 aliphatic carbocycles. The molecule has 1 heterocycles. The zero-order chi connectivity index (χ0) is 18.4. The Balaban J connectivity index is 2.02. The molecule has 2 rings (SSSR count). The first-order valence-corrected chi connectivity index (χ1v) is 11.1. The number of carbonyl (C=O) groups is 1. The van der Waals surface area contributed by atoms with Crippen molar-refractivity contribution in [2.75, 3.05) is 29.9 Å². The van der Waals surface area contributed by atoms with Gasteiger partial charge in [0, 0.05) is 18.8 Å². The molecular weight excluding hydrogens is 360 g/mol. The third-order valence-corrected chi connectivity index (χ3v) is 6.75. The van der Waals surface area contributed by atoms with Gasteiger partial charge in [0.05, 0.1) is 22.9 Å². The van der Waals surface area contributed by atoms with Crippen LogP contribution in [0.4, 0.5) is 5.69 Å². The lowest BCUT2D eigenvalue weighted by Crippen LogP contribution is -2.48. The fourth-order valence-corrected chi connectivity index (χ4v) is 4.97. The minimum Gasteiger partial charge on any atom is -0.373 e. The van der Waals surface area contributed by atoms with Crippen LogP contribution in [0.5, 0.6) is 0 Å². The Labute approximate surface area is 154 Å². The summed E-state index contributed by atoms with van der Waals surface area (Å²) in [5, 5.41) is 2.78. The number of hydrogen-bond donors (Lipinski definition) is 1. The topological polar surface area (TPSA) is 75.7 Å². The average Bonchev–Trinajstić information content (AvgIpc) is 2.54. The molecule has 2 atom stereocenters. The maximum Gasteiger partial charge on any atom is 0.243 e. The van der Waals surface area contributed by atoms with E-state index in [0.29, 0.717) is 24.5 Å². The number of thioether (sulfide) groups is 1. The van der Waals surface area contributed by atoms with E-state index in [1.165, 1.54) is 16.4 Å². The average molecular weight is 387 g/mol. The van der Waals surface area contributed by atoms with Crippen molar-refractivity contribution in [2.45, 2.75) is 44.3 Å². The molecule has 1 fully saturated rings. The quantitative estimate of drug-likeness (QED) is 0.729. The van der Waals surface area contributed by atoms with Gasteiger partial charge in [0.25, 0.3) is 0 Å². The third-order valence-electron chi connectivity index (χ3n) is 3.74. The summed E-state index contributed by atoms with van der Waals surface area (Å²) in [6.45, 7) is 6.50. The molecule has 0 spiro atoms. The lowest BCUT2D eigenvalue weighted by molar-refractivity contribution is -0.113. The first-order valence-electron chi connectivity index (χ1n) is 8.46. The molecule has 0 radical (unpaired) electrons. The van der Waals surface area contributed by atoms with Crippen LogP contribution in [-0.4, -0.2) is 55.4 Å². The molecule has 25 heavy (non-hydrogen) atoms. The van der Waals surface area contributed by atoms with E-state index in [0.717, 1.165) is 12.2 Å². The maximum atomic E-state index is 12.8. The van der Waals surface area contributed by atoms with Gasteiger partial charge in [-0.05, 0) is 50.3 Å². The molecular formula is C17H26N2O4S2. The van der Waals surface area contributed by atoms with E-state index in [2.05, 4.69) is 12.2 Å². The molecule has 1 aliphatic rings. The number of anilines is 1. The molecule has 2 unspecified atom stereocenters. The Kier molecular flexibility index (Phi) is 7.30. The Hall–Kier alpha value is -1.09. The molecule has 1 aromatic carbocycles. The zero-order valence-electron chi connectivity index (χ0n) is 14.9. The Bertz CT molecular complexity index is 666. The third kappa shape index (κ3) is 5.70. The van der Waals surface area contributed by atoms with Gasteiger partial charge in [-0.25, -0.2) is 8.42 Å². The summed E-state index contributed by atoms with van der Waals surface area (Å²) in [7, 11) is -3.55. The second-order valence-corrected chi connectivity index (χ2v) is 9.25. The molecule has 8 heteroatoms. The highest BCUT2D eigenvalue weighted by molar-refractivity contribution is 7.99. The van der Waals surface area contributed by atoms with Gasteiger partial charge >= 0.3 is 0 Å². The number of ether oxygens (including phenoxy) is 1. The van der Waals surface area contributed by atoms with Crippen molar-refractivity contribution in [3.63, 3.8) is 0 Å². The first-order chi connectivity index (χ1) is 11.8. The summed E-state index contributed by atoms with van der Waals surface area (Å²) < 4.78 is 32.6. The fraction of sp³-hybridized carbons (Fsp3) is 0.588. The predicted octanol–water partition coefficient (Wildman–Crippen LogP) is 2.57. The number of benzene rings is 1. The number of morpholine rings is 1. The fourth-order valence-electron chi connectivity index (χ4n) is 2.69. The number of sulfonamides is 1. The molecule has 0 aromatic heterocycles. The zero-order valence-corrected chi connectivity index (χ0v) is 16.5. The van der Waals surface area contributed by atoms with E-state index < -0.39 is 10.0 Å². The molecule has 0 saturated carbocycles. The van der Waals surface area contributed by atoms with Gasteiger partial charge in [0.1, 0.15) is 0 Å². The SMILES string of the molecule is CCCSCC(=O)Nc1ccc(S(=O)(=O)N2CC(C)OC(C)C2)cc1. The largest absolute Gasteiger partial charge is 0.373 e.